The second-order valence-corrected chi connectivity index (χ2v) is 6.16. The molecule has 1 saturated carbocycles. The Hall–Kier alpha value is -1.36. The molecule has 0 amide bonds. The summed E-state index contributed by atoms with van der Waals surface area (Å²) in [6.07, 6.45) is 3.73. The van der Waals surface area contributed by atoms with Gasteiger partial charge in [0.25, 0.3) is 0 Å². The van der Waals surface area contributed by atoms with E-state index in [1.165, 1.54) is 18.9 Å². The van der Waals surface area contributed by atoms with Crippen molar-refractivity contribution in [3.63, 3.8) is 0 Å². The van der Waals surface area contributed by atoms with E-state index in [1.807, 2.05) is 0 Å². The van der Waals surface area contributed by atoms with Crippen LogP contribution in [-0.4, -0.2) is 22.3 Å². The molecule has 0 spiro atoms. The molecule has 1 aliphatic carbocycles. The first-order valence-corrected chi connectivity index (χ1v) is 7.28. The highest BCUT2D eigenvalue weighted by atomic mass is 16.5. The van der Waals surface area contributed by atoms with Gasteiger partial charge in [-0.2, -0.15) is 0 Å². The lowest BCUT2D eigenvalue weighted by Gasteiger charge is -2.36. The van der Waals surface area contributed by atoms with Crippen LogP contribution in [0.2, 0.25) is 0 Å². The van der Waals surface area contributed by atoms with Crippen LogP contribution in [0.25, 0.3) is 0 Å². The molecule has 20 heavy (non-hydrogen) atoms. The molecule has 3 atom stereocenters. The third kappa shape index (κ3) is 3.60. The van der Waals surface area contributed by atoms with Gasteiger partial charge in [-0.1, -0.05) is 32.3 Å². The number of ether oxygens (including phenoxy) is 1. The highest BCUT2D eigenvalue weighted by Gasteiger charge is 2.31. The summed E-state index contributed by atoms with van der Waals surface area (Å²) < 4.78 is 11.0. The van der Waals surface area contributed by atoms with Gasteiger partial charge in [0.2, 0.25) is 0 Å². The van der Waals surface area contributed by atoms with Gasteiger partial charge in [0, 0.05) is 6.07 Å². The van der Waals surface area contributed by atoms with E-state index in [0.717, 1.165) is 6.42 Å². The lowest BCUT2D eigenvalue weighted by Crippen LogP contribution is -2.34. The molecule has 1 aromatic rings. The molecule has 112 valence electrons. The van der Waals surface area contributed by atoms with Crippen LogP contribution in [0.15, 0.2) is 10.6 Å². The maximum Gasteiger partial charge on any atom is 0.358 e. The van der Waals surface area contributed by atoms with Crippen molar-refractivity contribution < 1.29 is 19.2 Å². The van der Waals surface area contributed by atoms with Crippen molar-refractivity contribution in [2.45, 2.75) is 52.7 Å². The van der Waals surface area contributed by atoms with E-state index in [1.54, 1.807) is 0 Å². The fourth-order valence-electron chi connectivity index (χ4n) is 2.98. The summed E-state index contributed by atoms with van der Waals surface area (Å²) in [7, 11) is 0. The SMILES string of the molecule is CC1CCC(C(C)C)C(OCc2cc(C(=O)O)no2)C1. The molecule has 5 heteroatoms. The average Bonchev–Trinajstić information content (AvgIpc) is 2.85. The van der Waals surface area contributed by atoms with Gasteiger partial charge in [0.05, 0.1) is 6.10 Å². The first-order valence-electron chi connectivity index (χ1n) is 7.28. The number of carboxylic acid groups (broad SMARTS) is 1. The monoisotopic (exact) mass is 281 g/mol. The Balaban J connectivity index is 1.94. The lowest BCUT2D eigenvalue weighted by atomic mass is 9.75. The van der Waals surface area contributed by atoms with Crippen LogP contribution in [0.1, 0.15) is 56.3 Å². The van der Waals surface area contributed by atoms with Crippen LogP contribution in [0.4, 0.5) is 0 Å². The quantitative estimate of drug-likeness (QED) is 0.896. The molecule has 1 fully saturated rings. The Kier molecular flexibility index (Phi) is 4.81. The number of carbonyl (C=O) groups is 1. The molecule has 5 nitrogen and oxygen atoms in total. The van der Waals surface area contributed by atoms with Gasteiger partial charge >= 0.3 is 5.97 Å². The highest BCUT2D eigenvalue weighted by molar-refractivity contribution is 5.85. The number of rotatable bonds is 5. The molecular weight excluding hydrogens is 258 g/mol. The van der Waals surface area contributed by atoms with Crippen molar-refractivity contribution in [3.8, 4) is 0 Å². The highest BCUT2D eigenvalue weighted by Crippen LogP contribution is 2.35. The third-order valence-electron chi connectivity index (χ3n) is 4.18. The van der Waals surface area contributed by atoms with E-state index >= 15 is 0 Å². The summed E-state index contributed by atoms with van der Waals surface area (Å²) in [4.78, 5) is 10.7. The van der Waals surface area contributed by atoms with Crippen molar-refractivity contribution in [1.29, 1.82) is 0 Å². The molecule has 1 aliphatic rings. The molecule has 0 aliphatic heterocycles. The predicted molar refractivity (Wildman–Crippen MR) is 73.4 cm³/mol. The van der Waals surface area contributed by atoms with Gasteiger partial charge in [-0.15, -0.1) is 0 Å². The molecule has 1 heterocycles. The smallest absolute Gasteiger partial charge is 0.358 e. The van der Waals surface area contributed by atoms with Gasteiger partial charge in [-0.25, -0.2) is 4.79 Å². The molecule has 0 bridgehead atoms. The topological polar surface area (TPSA) is 72.6 Å². The summed E-state index contributed by atoms with van der Waals surface area (Å²) in [6, 6.07) is 1.43. The Morgan fingerprint density at radius 2 is 2.30 bits per heavy atom. The van der Waals surface area contributed by atoms with Crippen LogP contribution < -0.4 is 0 Å². The van der Waals surface area contributed by atoms with Crippen LogP contribution >= 0.6 is 0 Å². The third-order valence-corrected chi connectivity index (χ3v) is 4.18. The van der Waals surface area contributed by atoms with E-state index in [9.17, 15) is 4.79 Å². The van der Waals surface area contributed by atoms with Crippen molar-refractivity contribution >= 4 is 5.97 Å². The number of hydrogen-bond donors (Lipinski definition) is 1. The van der Waals surface area contributed by atoms with E-state index in [0.29, 0.717) is 30.1 Å². The van der Waals surface area contributed by atoms with E-state index in [2.05, 4.69) is 25.9 Å². The molecule has 0 aromatic carbocycles. The second-order valence-electron chi connectivity index (χ2n) is 6.16. The van der Waals surface area contributed by atoms with Gasteiger partial charge in [-0.05, 0) is 30.6 Å². The summed E-state index contributed by atoms with van der Waals surface area (Å²) in [6.45, 7) is 7.01. The van der Waals surface area contributed by atoms with Gasteiger partial charge < -0.3 is 14.4 Å². The molecule has 0 radical (unpaired) electrons. The number of aromatic carboxylic acids is 1. The van der Waals surface area contributed by atoms with E-state index < -0.39 is 5.97 Å². The van der Waals surface area contributed by atoms with Crippen molar-refractivity contribution in [1.82, 2.24) is 5.16 Å². The summed E-state index contributed by atoms with van der Waals surface area (Å²) in [5, 5.41) is 12.3. The summed E-state index contributed by atoms with van der Waals surface area (Å²) >= 11 is 0. The Morgan fingerprint density at radius 3 is 2.90 bits per heavy atom. The van der Waals surface area contributed by atoms with Crippen LogP contribution in [0.3, 0.4) is 0 Å². The summed E-state index contributed by atoms with van der Waals surface area (Å²) in [5.41, 5.74) is -0.0685. The van der Waals surface area contributed by atoms with Crippen molar-refractivity contribution in [2.24, 2.45) is 17.8 Å². The Bertz CT molecular complexity index is 454. The fraction of sp³-hybridized carbons (Fsp3) is 0.733. The lowest BCUT2D eigenvalue weighted by molar-refractivity contribution is -0.0534. The first kappa shape index (κ1) is 15.0. The van der Waals surface area contributed by atoms with Crippen molar-refractivity contribution in [3.05, 3.63) is 17.5 Å². The molecule has 0 saturated heterocycles. The van der Waals surface area contributed by atoms with Gasteiger partial charge in [0.15, 0.2) is 11.5 Å². The molecular formula is C15H23NO4. The maximum absolute atomic E-state index is 10.7. The molecule has 3 unspecified atom stereocenters. The normalized spacial score (nSPS) is 26.9. The van der Waals surface area contributed by atoms with E-state index in [4.69, 9.17) is 14.4 Å². The van der Waals surface area contributed by atoms with Crippen LogP contribution in [-0.2, 0) is 11.3 Å². The first-order chi connectivity index (χ1) is 9.47. The second kappa shape index (κ2) is 6.39. The number of aromatic nitrogens is 1. The van der Waals surface area contributed by atoms with Crippen LogP contribution in [0.5, 0.6) is 0 Å². The largest absolute Gasteiger partial charge is 0.476 e. The zero-order valence-corrected chi connectivity index (χ0v) is 12.3. The Morgan fingerprint density at radius 1 is 1.55 bits per heavy atom. The standard InChI is InChI=1S/C15H23NO4/c1-9(2)12-5-4-10(3)6-14(12)19-8-11-7-13(15(17)18)16-20-11/h7,9-10,12,14H,4-6,8H2,1-3H3,(H,17,18). The van der Waals surface area contributed by atoms with Crippen molar-refractivity contribution in [2.75, 3.05) is 0 Å². The molecule has 1 N–H and O–H groups in total. The predicted octanol–water partition coefficient (Wildman–Crippen LogP) is 3.35. The fourth-order valence-corrected chi connectivity index (χ4v) is 2.98. The minimum Gasteiger partial charge on any atom is -0.476 e. The average molecular weight is 281 g/mol. The molecule has 1 aromatic heterocycles. The number of carboxylic acids is 1. The maximum atomic E-state index is 10.7. The van der Waals surface area contributed by atoms with E-state index in [-0.39, 0.29) is 11.8 Å². The van der Waals surface area contributed by atoms with Gasteiger partial charge in [0.1, 0.15) is 6.61 Å². The van der Waals surface area contributed by atoms with Gasteiger partial charge in [-0.3, -0.25) is 0 Å². The minimum atomic E-state index is -1.08. The molecule has 2 rings (SSSR count). The number of hydrogen-bond acceptors (Lipinski definition) is 4. The number of nitrogens with zero attached hydrogens (tertiary/aromatic N) is 1. The zero-order chi connectivity index (χ0) is 14.7. The minimum absolute atomic E-state index is 0.0685. The Labute approximate surface area is 119 Å². The summed E-state index contributed by atoms with van der Waals surface area (Å²) in [5.74, 6) is 1.23. The zero-order valence-electron chi connectivity index (χ0n) is 12.3. The van der Waals surface area contributed by atoms with Crippen LogP contribution in [0, 0.1) is 17.8 Å².